The lowest BCUT2D eigenvalue weighted by Gasteiger charge is -2.05. The van der Waals surface area contributed by atoms with Crippen LogP contribution in [0.25, 0.3) is 6.08 Å². The predicted octanol–water partition coefficient (Wildman–Crippen LogP) is 3.70. The summed E-state index contributed by atoms with van der Waals surface area (Å²) in [5.74, 6) is -2.38. The number of hydrogen-bond donors (Lipinski definition) is 1. The van der Waals surface area contributed by atoms with Crippen LogP contribution in [0, 0.1) is 11.6 Å². The zero-order valence-electron chi connectivity index (χ0n) is 10.2. The van der Waals surface area contributed by atoms with Crippen molar-refractivity contribution in [2.24, 2.45) is 0 Å². The molecule has 0 atom stereocenters. The number of halogens is 2. The molecule has 1 aromatic carbocycles. The van der Waals surface area contributed by atoms with E-state index < -0.39 is 17.6 Å². The summed E-state index contributed by atoms with van der Waals surface area (Å²) in [6.07, 6.45) is 2.49. The minimum absolute atomic E-state index is 0.0892. The molecule has 1 aromatic heterocycles. The minimum atomic E-state index is -1.03. The van der Waals surface area contributed by atoms with E-state index in [9.17, 15) is 13.6 Å². The maximum Gasteiger partial charge on any atom is 0.328 e. The molecule has 0 bridgehead atoms. The number of rotatable bonds is 5. The number of thiophene rings is 1. The number of aliphatic carboxylic acids is 1. The van der Waals surface area contributed by atoms with E-state index >= 15 is 0 Å². The Labute approximate surface area is 117 Å². The van der Waals surface area contributed by atoms with Gasteiger partial charge in [0.05, 0.1) is 0 Å². The third kappa shape index (κ3) is 3.89. The molecule has 3 nitrogen and oxygen atoms in total. The normalized spacial score (nSPS) is 10.9. The second kappa shape index (κ2) is 6.29. The van der Waals surface area contributed by atoms with Crippen LogP contribution in [0.15, 0.2) is 36.4 Å². The summed E-state index contributed by atoms with van der Waals surface area (Å²) < 4.78 is 31.5. The van der Waals surface area contributed by atoms with Crippen molar-refractivity contribution in [3.8, 4) is 5.75 Å². The fourth-order valence-corrected chi connectivity index (χ4v) is 2.28. The third-order valence-electron chi connectivity index (χ3n) is 2.34. The van der Waals surface area contributed by atoms with Gasteiger partial charge in [0.15, 0.2) is 11.6 Å². The summed E-state index contributed by atoms with van der Waals surface area (Å²) in [5.41, 5.74) is 0. The average molecular weight is 296 g/mol. The van der Waals surface area contributed by atoms with Crippen LogP contribution in [-0.2, 0) is 11.4 Å². The minimum Gasteiger partial charge on any atom is -0.485 e. The van der Waals surface area contributed by atoms with E-state index in [0.29, 0.717) is 0 Å². The summed E-state index contributed by atoms with van der Waals surface area (Å²) >= 11 is 1.31. The zero-order chi connectivity index (χ0) is 14.5. The van der Waals surface area contributed by atoms with Crippen LogP contribution in [0.4, 0.5) is 8.78 Å². The van der Waals surface area contributed by atoms with Crippen LogP contribution >= 0.6 is 11.3 Å². The van der Waals surface area contributed by atoms with Crippen molar-refractivity contribution in [3.05, 3.63) is 57.8 Å². The molecule has 0 aliphatic rings. The molecule has 0 aliphatic heterocycles. The Kier molecular flexibility index (Phi) is 4.47. The van der Waals surface area contributed by atoms with Gasteiger partial charge in [-0.25, -0.2) is 13.6 Å². The maximum absolute atomic E-state index is 13.3. The van der Waals surface area contributed by atoms with Crippen LogP contribution in [-0.4, -0.2) is 11.1 Å². The molecule has 0 unspecified atom stereocenters. The first-order valence-electron chi connectivity index (χ1n) is 5.62. The molecule has 0 spiro atoms. The first-order chi connectivity index (χ1) is 9.54. The SMILES string of the molecule is O=C(O)C=Cc1ccc(COc2cc(F)ccc2F)s1. The van der Waals surface area contributed by atoms with Crippen molar-refractivity contribution in [2.45, 2.75) is 6.61 Å². The highest BCUT2D eigenvalue weighted by Crippen LogP contribution is 2.22. The quantitative estimate of drug-likeness (QED) is 0.856. The molecule has 0 radical (unpaired) electrons. The van der Waals surface area contributed by atoms with E-state index in [0.717, 1.165) is 34.0 Å². The lowest BCUT2D eigenvalue weighted by Crippen LogP contribution is -1.95. The monoisotopic (exact) mass is 296 g/mol. The van der Waals surface area contributed by atoms with Gasteiger partial charge < -0.3 is 9.84 Å². The Morgan fingerprint density at radius 1 is 1.30 bits per heavy atom. The summed E-state index contributed by atoms with van der Waals surface area (Å²) in [7, 11) is 0. The van der Waals surface area contributed by atoms with Gasteiger partial charge in [-0.15, -0.1) is 11.3 Å². The van der Waals surface area contributed by atoms with Gasteiger partial charge in [0.25, 0.3) is 0 Å². The standard InChI is InChI=1S/C14H10F2O3S/c15-9-1-5-12(16)13(7-9)19-8-11-3-2-10(20-11)4-6-14(17)18/h1-7H,8H2,(H,17,18). The number of carbonyl (C=O) groups is 1. The van der Waals surface area contributed by atoms with Crippen LogP contribution in [0.2, 0.25) is 0 Å². The van der Waals surface area contributed by atoms with Crippen molar-refractivity contribution in [1.29, 1.82) is 0 Å². The summed E-state index contributed by atoms with van der Waals surface area (Å²) in [4.78, 5) is 11.9. The van der Waals surface area contributed by atoms with E-state index in [1.807, 2.05) is 0 Å². The molecule has 2 aromatic rings. The Bertz CT molecular complexity index is 650. The smallest absolute Gasteiger partial charge is 0.328 e. The molecule has 104 valence electrons. The van der Waals surface area contributed by atoms with Gasteiger partial charge in [0, 0.05) is 21.9 Å². The molecule has 1 N–H and O–H groups in total. The lowest BCUT2D eigenvalue weighted by atomic mass is 10.3. The fraction of sp³-hybridized carbons (Fsp3) is 0.0714. The van der Waals surface area contributed by atoms with Crippen LogP contribution in [0.5, 0.6) is 5.75 Å². The van der Waals surface area contributed by atoms with Crippen molar-refractivity contribution in [2.75, 3.05) is 0 Å². The number of carboxylic acids is 1. The Morgan fingerprint density at radius 2 is 2.10 bits per heavy atom. The molecule has 0 amide bonds. The largest absolute Gasteiger partial charge is 0.485 e. The van der Waals surface area contributed by atoms with Gasteiger partial charge in [-0.2, -0.15) is 0 Å². The molecule has 0 fully saturated rings. The van der Waals surface area contributed by atoms with E-state index in [1.165, 1.54) is 17.4 Å². The molecule has 1 heterocycles. The summed E-state index contributed by atoms with van der Waals surface area (Å²) in [5, 5.41) is 8.51. The Morgan fingerprint density at radius 3 is 2.85 bits per heavy atom. The van der Waals surface area contributed by atoms with Crippen molar-refractivity contribution in [3.63, 3.8) is 0 Å². The van der Waals surface area contributed by atoms with Crippen LogP contribution < -0.4 is 4.74 Å². The molecule has 20 heavy (non-hydrogen) atoms. The van der Waals surface area contributed by atoms with Gasteiger partial charge >= 0.3 is 5.97 Å². The molecular weight excluding hydrogens is 286 g/mol. The number of ether oxygens (including phenoxy) is 1. The second-order valence-electron chi connectivity index (χ2n) is 3.84. The molecule has 2 rings (SSSR count). The molecule has 0 saturated carbocycles. The highest BCUT2D eigenvalue weighted by Gasteiger charge is 2.06. The Hall–Kier alpha value is -2.21. The topological polar surface area (TPSA) is 46.5 Å². The molecular formula is C14H10F2O3S. The van der Waals surface area contributed by atoms with Crippen molar-refractivity contribution >= 4 is 23.4 Å². The van der Waals surface area contributed by atoms with Gasteiger partial charge in [-0.3, -0.25) is 0 Å². The predicted molar refractivity (Wildman–Crippen MR) is 71.7 cm³/mol. The highest BCUT2D eigenvalue weighted by atomic mass is 32.1. The molecule has 6 heteroatoms. The van der Waals surface area contributed by atoms with Crippen molar-refractivity contribution in [1.82, 2.24) is 0 Å². The van der Waals surface area contributed by atoms with E-state index in [4.69, 9.17) is 9.84 Å². The van der Waals surface area contributed by atoms with Gasteiger partial charge in [0.1, 0.15) is 12.4 Å². The van der Waals surface area contributed by atoms with Gasteiger partial charge in [-0.05, 0) is 30.3 Å². The first-order valence-corrected chi connectivity index (χ1v) is 6.44. The van der Waals surface area contributed by atoms with Gasteiger partial charge in [0.2, 0.25) is 0 Å². The van der Waals surface area contributed by atoms with E-state index in [2.05, 4.69) is 0 Å². The number of hydrogen-bond acceptors (Lipinski definition) is 3. The summed E-state index contributed by atoms with van der Waals surface area (Å²) in [6, 6.07) is 6.46. The van der Waals surface area contributed by atoms with Crippen molar-refractivity contribution < 1.29 is 23.4 Å². The van der Waals surface area contributed by atoms with Crippen LogP contribution in [0.1, 0.15) is 9.75 Å². The Balaban J connectivity index is 2.01. The average Bonchev–Trinajstić information content (AvgIpc) is 2.85. The first kappa shape index (κ1) is 14.2. The molecule has 0 saturated heterocycles. The maximum atomic E-state index is 13.3. The van der Waals surface area contributed by atoms with E-state index in [-0.39, 0.29) is 12.4 Å². The molecule has 0 aliphatic carbocycles. The lowest BCUT2D eigenvalue weighted by molar-refractivity contribution is -0.131. The zero-order valence-corrected chi connectivity index (χ0v) is 11.0. The fourth-order valence-electron chi connectivity index (χ4n) is 1.45. The summed E-state index contributed by atoms with van der Waals surface area (Å²) in [6.45, 7) is 0.0892. The van der Waals surface area contributed by atoms with Gasteiger partial charge in [-0.1, -0.05) is 0 Å². The van der Waals surface area contributed by atoms with E-state index in [1.54, 1.807) is 12.1 Å². The van der Waals surface area contributed by atoms with Crippen LogP contribution in [0.3, 0.4) is 0 Å². The number of carboxylic acid groups (broad SMARTS) is 1. The third-order valence-corrected chi connectivity index (χ3v) is 3.36. The highest BCUT2D eigenvalue weighted by molar-refractivity contribution is 7.12. The number of benzene rings is 1. The second-order valence-corrected chi connectivity index (χ2v) is 5.04.